The van der Waals surface area contributed by atoms with E-state index in [0.717, 1.165) is 17.1 Å². The number of benzene rings is 8. The molecule has 0 atom stereocenters. The zero-order valence-corrected chi connectivity index (χ0v) is 25.8. The van der Waals surface area contributed by atoms with E-state index in [1.165, 1.54) is 70.9 Å². The van der Waals surface area contributed by atoms with Crippen molar-refractivity contribution < 1.29 is 0 Å². The first-order chi connectivity index (χ1) is 21.9. The lowest BCUT2D eigenvalue weighted by molar-refractivity contribution is 0.663. The van der Waals surface area contributed by atoms with Crippen LogP contribution in [0.5, 0.6) is 0 Å². The Kier molecular flexibility index (Phi) is 5.53. The third kappa shape index (κ3) is 4.01. The molecule has 0 amide bonds. The van der Waals surface area contributed by atoms with Crippen LogP contribution in [-0.2, 0) is 5.41 Å². The van der Waals surface area contributed by atoms with Crippen LogP contribution in [0.25, 0.3) is 54.2 Å². The molecule has 8 aromatic carbocycles. The highest BCUT2D eigenvalue weighted by Crippen LogP contribution is 2.50. The van der Waals surface area contributed by atoms with Crippen LogP contribution in [0.1, 0.15) is 30.5 Å². The Bertz CT molecular complexity index is 2460. The van der Waals surface area contributed by atoms with Gasteiger partial charge in [-0.25, -0.2) is 0 Å². The molecule has 0 heterocycles. The van der Waals surface area contributed by atoms with Gasteiger partial charge in [0, 0.05) is 22.5 Å². The van der Waals surface area contributed by atoms with Gasteiger partial charge in [0.05, 0.1) is 0 Å². The molecule has 1 nitrogen and oxygen atoms in total. The quantitative estimate of drug-likeness (QED) is 0.189. The highest BCUT2D eigenvalue weighted by molar-refractivity contribution is 6.15. The van der Waals surface area contributed by atoms with Gasteiger partial charge in [-0.3, -0.25) is 0 Å². The predicted octanol–water partition coefficient (Wildman–Crippen LogP) is 12.4. The first-order valence-corrected chi connectivity index (χ1v) is 15.8. The summed E-state index contributed by atoms with van der Waals surface area (Å²) in [5.41, 5.74) is 10.1. The van der Waals surface area contributed by atoms with E-state index in [1.54, 1.807) is 0 Å². The van der Waals surface area contributed by atoms with Crippen molar-refractivity contribution in [3.05, 3.63) is 162 Å². The van der Waals surface area contributed by atoms with Crippen molar-refractivity contribution >= 4 is 60.2 Å². The van der Waals surface area contributed by atoms with Crippen LogP contribution in [0.3, 0.4) is 0 Å². The summed E-state index contributed by atoms with van der Waals surface area (Å²) in [7, 11) is 0. The average Bonchev–Trinajstić information content (AvgIpc) is 3.31. The molecule has 8 aromatic rings. The van der Waals surface area contributed by atoms with Crippen molar-refractivity contribution in [2.75, 3.05) is 4.90 Å². The predicted molar refractivity (Wildman–Crippen MR) is 193 cm³/mol. The summed E-state index contributed by atoms with van der Waals surface area (Å²) >= 11 is 0. The maximum atomic E-state index is 2.44. The molecule has 0 saturated carbocycles. The molecule has 1 heteroatoms. The largest absolute Gasteiger partial charge is 0.310 e. The Morgan fingerprint density at radius 3 is 1.76 bits per heavy atom. The zero-order chi connectivity index (χ0) is 30.3. The van der Waals surface area contributed by atoms with Crippen molar-refractivity contribution in [1.82, 2.24) is 0 Å². The number of fused-ring (bicyclic) bond motifs is 2. The summed E-state index contributed by atoms with van der Waals surface area (Å²) in [6, 6.07) is 54.1. The Labute approximate surface area is 264 Å². The normalized spacial score (nSPS) is 13.4. The number of nitrogens with zero attached hydrogens (tertiary/aromatic N) is 1. The Balaban J connectivity index is 1.16. The Morgan fingerprint density at radius 2 is 0.956 bits per heavy atom. The molecular weight excluding hydrogens is 542 g/mol. The minimum Gasteiger partial charge on any atom is -0.310 e. The number of hydrogen-bond donors (Lipinski definition) is 0. The van der Waals surface area contributed by atoms with Gasteiger partial charge in [-0.2, -0.15) is 0 Å². The third-order valence-electron chi connectivity index (χ3n) is 10.0. The van der Waals surface area contributed by atoms with Crippen LogP contribution in [0.4, 0.5) is 17.1 Å². The van der Waals surface area contributed by atoms with E-state index in [2.05, 4.69) is 171 Å². The number of aryl methyl sites for hydroxylation is 1. The molecule has 214 valence electrons. The van der Waals surface area contributed by atoms with Gasteiger partial charge in [0.1, 0.15) is 0 Å². The first kappa shape index (κ1) is 26.0. The molecule has 1 aliphatic rings. The second kappa shape index (κ2) is 9.55. The van der Waals surface area contributed by atoms with Crippen molar-refractivity contribution in [3.8, 4) is 11.1 Å². The van der Waals surface area contributed by atoms with E-state index in [-0.39, 0.29) is 5.41 Å². The van der Waals surface area contributed by atoms with Crippen molar-refractivity contribution in [1.29, 1.82) is 0 Å². The van der Waals surface area contributed by atoms with Gasteiger partial charge >= 0.3 is 0 Å². The first-order valence-electron chi connectivity index (χ1n) is 15.8. The van der Waals surface area contributed by atoms with Crippen molar-refractivity contribution in [3.63, 3.8) is 0 Å². The van der Waals surface area contributed by atoms with Crippen LogP contribution in [-0.4, -0.2) is 0 Å². The molecule has 9 rings (SSSR count). The van der Waals surface area contributed by atoms with E-state index in [1.807, 2.05) is 0 Å². The van der Waals surface area contributed by atoms with Crippen LogP contribution in [0.2, 0.25) is 0 Å². The van der Waals surface area contributed by atoms with Gasteiger partial charge in [0.25, 0.3) is 0 Å². The molecule has 0 aromatic heterocycles. The van der Waals surface area contributed by atoms with E-state index in [4.69, 9.17) is 0 Å². The lowest BCUT2D eigenvalue weighted by Crippen LogP contribution is -2.15. The smallest absolute Gasteiger partial charge is 0.0468 e. The summed E-state index contributed by atoms with van der Waals surface area (Å²) in [5, 5.41) is 10.5. The van der Waals surface area contributed by atoms with E-state index >= 15 is 0 Å². The number of hydrogen-bond acceptors (Lipinski definition) is 1. The van der Waals surface area contributed by atoms with E-state index < -0.39 is 0 Å². The maximum Gasteiger partial charge on any atom is 0.0468 e. The number of anilines is 3. The van der Waals surface area contributed by atoms with Gasteiger partial charge in [-0.15, -0.1) is 0 Å². The molecule has 0 N–H and O–H groups in total. The fourth-order valence-electron chi connectivity index (χ4n) is 7.58. The zero-order valence-electron chi connectivity index (χ0n) is 25.8. The van der Waals surface area contributed by atoms with Crippen LogP contribution in [0.15, 0.2) is 146 Å². The summed E-state index contributed by atoms with van der Waals surface area (Å²) in [4.78, 5) is 2.37. The highest BCUT2D eigenvalue weighted by Gasteiger charge is 2.34. The monoisotopic (exact) mass is 575 g/mol. The Morgan fingerprint density at radius 1 is 0.400 bits per heavy atom. The van der Waals surface area contributed by atoms with Gasteiger partial charge in [0.15, 0.2) is 0 Å². The van der Waals surface area contributed by atoms with Crippen LogP contribution >= 0.6 is 0 Å². The van der Waals surface area contributed by atoms with Crippen molar-refractivity contribution in [2.24, 2.45) is 0 Å². The molecule has 0 bridgehead atoms. The SMILES string of the molecule is Cc1ccc(N(c2ccc3ccccc3c2)c2ccc3cc(-c4cc5c6c(ccc7cccc(c76)C5(C)C)c4)ccc3c2)cc1. The average molecular weight is 576 g/mol. The molecule has 0 fully saturated rings. The molecule has 0 unspecified atom stereocenters. The fraction of sp³-hybridized carbons (Fsp3) is 0.0909. The molecule has 45 heavy (non-hydrogen) atoms. The summed E-state index contributed by atoms with van der Waals surface area (Å²) < 4.78 is 0. The fourth-order valence-corrected chi connectivity index (χ4v) is 7.58. The van der Waals surface area contributed by atoms with Crippen LogP contribution in [0, 0.1) is 6.92 Å². The minimum atomic E-state index is -0.0224. The molecule has 0 aliphatic heterocycles. The maximum absolute atomic E-state index is 2.44. The van der Waals surface area contributed by atoms with Crippen molar-refractivity contribution in [2.45, 2.75) is 26.2 Å². The lowest BCUT2D eigenvalue weighted by atomic mass is 9.81. The third-order valence-corrected chi connectivity index (χ3v) is 10.0. The van der Waals surface area contributed by atoms with Crippen LogP contribution < -0.4 is 4.90 Å². The molecule has 0 spiro atoms. The molecular formula is C44H33N. The second-order valence-corrected chi connectivity index (χ2v) is 13.2. The summed E-state index contributed by atoms with van der Waals surface area (Å²) in [6.07, 6.45) is 0. The van der Waals surface area contributed by atoms with Gasteiger partial charge in [-0.1, -0.05) is 110 Å². The van der Waals surface area contributed by atoms with Gasteiger partial charge < -0.3 is 4.90 Å². The second-order valence-electron chi connectivity index (χ2n) is 13.2. The highest BCUT2D eigenvalue weighted by atomic mass is 15.1. The summed E-state index contributed by atoms with van der Waals surface area (Å²) in [6.45, 7) is 6.89. The topological polar surface area (TPSA) is 3.24 Å². The van der Waals surface area contributed by atoms with E-state index in [0.29, 0.717) is 0 Å². The Hall–Kier alpha value is -5.40. The van der Waals surface area contributed by atoms with E-state index in [9.17, 15) is 0 Å². The lowest BCUT2D eigenvalue weighted by Gasteiger charge is -2.26. The molecule has 0 saturated heterocycles. The molecule has 0 radical (unpaired) electrons. The van der Waals surface area contributed by atoms with Gasteiger partial charge in [0.2, 0.25) is 0 Å². The number of rotatable bonds is 4. The molecule has 1 aliphatic carbocycles. The summed E-state index contributed by atoms with van der Waals surface area (Å²) in [5.74, 6) is 0. The standard InChI is InChI=1S/C44H33N/c1-28-11-19-37(20-12-28)45(38-21-17-29-7-4-5-8-31(29)25-38)39-22-18-32-23-33(14-15-34(32)26-39)36-24-35-16-13-30-9-6-10-40-42(30)43(35)41(27-36)44(40,2)3/h4-27H,1-3H3. The van der Waals surface area contributed by atoms with Gasteiger partial charge in [-0.05, 0) is 127 Å². The minimum absolute atomic E-state index is 0.0224.